The number of halogens is 1. The molecule has 0 aliphatic carbocycles. The van der Waals surface area contributed by atoms with Crippen molar-refractivity contribution >= 4 is 21.6 Å². The average Bonchev–Trinajstić information content (AvgIpc) is 2.73. The van der Waals surface area contributed by atoms with Gasteiger partial charge in [-0.2, -0.15) is 0 Å². The molecule has 2 unspecified atom stereocenters. The van der Waals surface area contributed by atoms with Gasteiger partial charge in [0.05, 0.1) is 5.75 Å². The van der Waals surface area contributed by atoms with Crippen LogP contribution in [0.5, 0.6) is 0 Å². The Kier molecular flexibility index (Phi) is 6.20. The van der Waals surface area contributed by atoms with Crippen molar-refractivity contribution in [2.75, 3.05) is 31.3 Å². The molecule has 1 saturated heterocycles. The third kappa shape index (κ3) is 5.12. The normalized spacial score (nSPS) is 24.1. The van der Waals surface area contributed by atoms with Crippen molar-refractivity contribution in [1.82, 2.24) is 9.62 Å². The van der Waals surface area contributed by atoms with Gasteiger partial charge in [-0.25, -0.2) is 13.1 Å². The molecule has 1 fully saturated rings. The Hall–Kier alpha value is 0.160. The Bertz CT molecular complexity index is 321. The first-order valence-electron chi connectivity index (χ1n) is 6.26. The summed E-state index contributed by atoms with van der Waals surface area (Å²) in [5.74, 6) is 0.501. The summed E-state index contributed by atoms with van der Waals surface area (Å²) in [5.41, 5.74) is 0. The summed E-state index contributed by atoms with van der Waals surface area (Å²) >= 11 is 5.63. The molecule has 0 radical (unpaired) electrons. The van der Waals surface area contributed by atoms with Gasteiger partial charge < -0.3 is 0 Å². The van der Waals surface area contributed by atoms with Crippen LogP contribution < -0.4 is 4.72 Å². The van der Waals surface area contributed by atoms with Gasteiger partial charge in [0, 0.05) is 18.5 Å². The molecule has 102 valence electrons. The van der Waals surface area contributed by atoms with E-state index in [4.69, 9.17) is 11.6 Å². The van der Waals surface area contributed by atoms with Gasteiger partial charge in [-0.15, -0.1) is 11.6 Å². The molecule has 1 N–H and O–H groups in total. The molecule has 1 rings (SSSR count). The minimum absolute atomic E-state index is 0.0000212. The summed E-state index contributed by atoms with van der Waals surface area (Å²) in [6, 6.07) is 0.362. The van der Waals surface area contributed by atoms with Crippen molar-refractivity contribution in [3.8, 4) is 0 Å². The van der Waals surface area contributed by atoms with Gasteiger partial charge in [0.25, 0.3) is 0 Å². The van der Waals surface area contributed by atoms with Gasteiger partial charge in [-0.1, -0.05) is 13.8 Å². The highest BCUT2D eigenvalue weighted by Gasteiger charge is 2.24. The summed E-state index contributed by atoms with van der Waals surface area (Å²) in [6.07, 6.45) is 2.25. The third-order valence-corrected chi connectivity index (χ3v) is 5.35. The number of hydrogen-bond acceptors (Lipinski definition) is 3. The van der Waals surface area contributed by atoms with Crippen molar-refractivity contribution in [2.24, 2.45) is 5.92 Å². The number of rotatable bonds is 7. The van der Waals surface area contributed by atoms with E-state index in [-0.39, 0.29) is 11.7 Å². The fourth-order valence-electron chi connectivity index (χ4n) is 2.24. The first-order valence-corrected chi connectivity index (χ1v) is 8.44. The third-order valence-electron chi connectivity index (χ3n) is 3.21. The SMILES string of the molecule is CCN1CCCC1CNS(=O)(=O)CC(C)CCl. The number of likely N-dealkylation sites (tertiary alicyclic amines) is 1. The van der Waals surface area contributed by atoms with Crippen molar-refractivity contribution in [1.29, 1.82) is 0 Å². The maximum Gasteiger partial charge on any atom is 0.211 e. The summed E-state index contributed by atoms with van der Waals surface area (Å²) < 4.78 is 26.2. The van der Waals surface area contributed by atoms with Crippen LogP contribution in [0.3, 0.4) is 0 Å². The predicted octanol–water partition coefficient (Wildman–Crippen LogP) is 1.26. The standard InChI is InChI=1S/C11H23ClN2O2S/c1-3-14-6-4-5-11(14)8-13-17(15,16)9-10(2)7-12/h10-11,13H,3-9H2,1-2H3. The summed E-state index contributed by atoms with van der Waals surface area (Å²) in [7, 11) is -3.17. The molecule has 1 aliphatic heterocycles. The fourth-order valence-corrected chi connectivity index (χ4v) is 3.91. The van der Waals surface area contributed by atoms with E-state index in [9.17, 15) is 8.42 Å². The van der Waals surface area contributed by atoms with E-state index in [1.165, 1.54) is 0 Å². The van der Waals surface area contributed by atoms with Crippen LogP contribution in [0.25, 0.3) is 0 Å². The first kappa shape index (κ1) is 15.2. The zero-order chi connectivity index (χ0) is 12.9. The second-order valence-electron chi connectivity index (χ2n) is 4.81. The molecule has 0 aromatic heterocycles. The molecular weight excluding hydrogens is 260 g/mol. The molecule has 17 heavy (non-hydrogen) atoms. The van der Waals surface area contributed by atoms with E-state index in [0.29, 0.717) is 18.5 Å². The van der Waals surface area contributed by atoms with Crippen LogP contribution in [-0.2, 0) is 10.0 Å². The molecule has 0 amide bonds. The molecular formula is C11H23ClN2O2S. The van der Waals surface area contributed by atoms with Gasteiger partial charge in [-0.05, 0) is 31.8 Å². The van der Waals surface area contributed by atoms with Crippen molar-refractivity contribution in [2.45, 2.75) is 32.7 Å². The largest absolute Gasteiger partial charge is 0.299 e. The maximum atomic E-state index is 11.8. The zero-order valence-corrected chi connectivity index (χ0v) is 12.2. The van der Waals surface area contributed by atoms with Crippen LogP contribution in [0.4, 0.5) is 0 Å². The number of sulfonamides is 1. The van der Waals surface area contributed by atoms with Crippen LogP contribution in [0.15, 0.2) is 0 Å². The van der Waals surface area contributed by atoms with Crippen LogP contribution >= 0.6 is 11.6 Å². The lowest BCUT2D eigenvalue weighted by Gasteiger charge is -2.23. The van der Waals surface area contributed by atoms with E-state index in [1.807, 2.05) is 6.92 Å². The highest BCUT2D eigenvalue weighted by atomic mass is 35.5. The molecule has 0 spiro atoms. The van der Waals surface area contributed by atoms with E-state index in [2.05, 4.69) is 16.5 Å². The molecule has 0 bridgehead atoms. The molecule has 0 aromatic carbocycles. The lowest BCUT2D eigenvalue weighted by atomic mass is 10.2. The minimum Gasteiger partial charge on any atom is -0.299 e. The van der Waals surface area contributed by atoms with Crippen LogP contribution in [0, 0.1) is 5.92 Å². The zero-order valence-electron chi connectivity index (χ0n) is 10.7. The molecule has 4 nitrogen and oxygen atoms in total. The number of likely N-dealkylation sites (N-methyl/N-ethyl adjacent to an activating group) is 1. The van der Waals surface area contributed by atoms with Gasteiger partial charge >= 0.3 is 0 Å². The Morgan fingerprint density at radius 2 is 2.24 bits per heavy atom. The topological polar surface area (TPSA) is 49.4 Å². The van der Waals surface area contributed by atoms with Crippen molar-refractivity contribution < 1.29 is 8.42 Å². The van der Waals surface area contributed by atoms with Crippen LogP contribution in [0.2, 0.25) is 0 Å². The summed E-state index contributed by atoms with van der Waals surface area (Å²) in [6.45, 7) is 6.57. The van der Waals surface area contributed by atoms with Crippen molar-refractivity contribution in [3.05, 3.63) is 0 Å². The average molecular weight is 283 g/mol. The van der Waals surface area contributed by atoms with Gasteiger partial charge in [0.15, 0.2) is 0 Å². The molecule has 0 saturated carbocycles. The predicted molar refractivity (Wildman–Crippen MR) is 71.9 cm³/mol. The first-order chi connectivity index (χ1) is 7.98. The lowest BCUT2D eigenvalue weighted by molar-refractivity contribution is 0.268. The van der Waals surface area contributed by atoms with Gasteiger partial charge in [-0.3, -0.25) is 4.90 Å². The van der Waals surface area contributed by atoms with E-state index < -0.39 is 10.0 Å². The number of hydrogen-bond donors (Lipinski definition) is 1. The lowest BCUT2D eigenvalue weighted by Crippen LogP contribution is -2.41. The summed E-state index contributed by atoms with van der Waals surface area (Å²) in [4.78, 5) is 2.33. The number of nitrogens with zero attached hydrogens (tertiary/aromatic N) is 1. The van der Waals surface area contributed by atoms with Crippen LogP contribution in [0.1, 0.15) is 26.7 Å². The highest BCUT2D eigenvalue weighted by Crippen LogP contribution is 2.16. The minimum atomic E-state index is -3.17. The van der Waals surface area contributed by atoms with E-state index in [1.54, 1.807) is 0 Å². The Labute approximate surface area is 110 Å². The van der Waals surface area contributed by atoms with Crippen molar-refractivity contribution in [3.63, 3.8) is 0 Å². The smallest absolute Gasteiger partial charge is 0.211 e. The highest BCUT2D eigenvalue weighted by molar-refractivity contribution is 7.89. The molecule has 6 heteroatoms. The quantitative estimate of drug-likeness (QED) is 0.716. The molecule has 2 atom stereocenters. The summed E-state index contributed by atoms with van der Waals surface area (Å²) in [5, 5.41) is 0. The van der Waals surface area contributed by atoms with Crippen LogP contribution in [-0.4, -0.2) is 50.6 Å². The Balaban J connectivity index is 2.39. The van der Waals surface area contributed by atoms with Gasteiger partial charge in [0.1, 0.15) is 0 Å². The van der Waals surface area contributed by atoms with Gasteiger partial charge in [0.2, 0.25) is 10.0 Å². The number of nitrogens with one attached hydrogen (secondary N) is 1. The second kappa shape index (κ2) is 6.92. The molecule has 1 heterocycles. The molecule has 0 aromatic rings. The maximum absolute atomic E-state index is 11.8. The fraction of sp³-hybridized carbons (Fsp3) is 1.00. The number of alkyl halides is 1. The molecule has 1 aliphatic rings. The Morgan fingerprint density at radius 3 is 2.82 bits per heavy atom. The Morgan fingerprint density at radius 1 is 1.53 bits per heavy atom. The van der Waals surface area contributed by atoms with E-state index in [0.717, 1.165) is 25.9 Å². The van der Waals surface area contributed by atoms with E-state index >= 15 is 0 Å². The second-order valence-corrected chi connectivity index (χ2v) is 6.97. The monoisotopic (exact) mass is 282 g/mol.